The van der Waals surface area contributed by atoms with Gasteiger partial charge in [-0.1, -0.05) is 27.7 Å². The van der Waals surface area contributed by atoms with E-state index in [2.05, 4.69) is 43.1 Å². The van der Waals surface area contributed by atoms with Gasteiger partial charge >= 0.3 is 0 Å². The summed E-state index contributed by atoms with van der Waals surface area (Å²) in [4.78, 5) is 15.7. The zero-order valence-electron chi connectivity index (χ0n) is 18.8. The van der Waals surface area contributed by atoms with Gasteiger partial charge in [0.05, 0.1) is 22.1 Å². The molecule has 1 aromatic carbocycles. The molecule has 0 aliphatic rings. The number of thiazole rings is 1. The Labute approximate surface area is 186 Å². The van der Waals surface area contributed by atoms with E-state index in [4.69, 9.17) is 10.4 Å². The molecule has 8 heteroatoms. The molecule has 0 aliphatic carbocycles. The van der Waals surface area contributed by atoms with E-state index in [1.165, 1.54) is 11.3 Å². The number of hydrogen-bond acceptors (Lipinski definition) is 6. The van der Waals surface area contributed by atoms with Gasteiger partial charge in [-0.05, 0) is 54.5 Å². The van der Waals surface area contributed by atoms with E-state index in [0.29, 0.717) is 23.8 Å². The molecule has 0 saturated heterocycles. The molecule has 0 radical (unpaired) electrons. The Morgan fingerprint density at radius 2 is 1.83 bits per heavy atom. The van der Waals surface area contributed by atoms with Crippen LogP contribution in [0.15, 0.2) is 27.0 Å². The zero-order valence-corrected chi connectivity index (χ0v) is 20.4. The minimum absolute atomic E-state index is 0.329. The number of nitriles is 1. The normalized spacial score (nSPS) is 12.5. The smallest absolute Gasteiger partial charge is 0.175 e. The molecule has 0 aliphatic heterocycles. The monoisotopic (exact) mass is 448 g/mol. The first-order chi connectivity index (χ1) is 14.0. The lowest BCUT2D eigenvalue weighted by Gasteiger charge is -2.18. The molecule has 2 rings (SSSR count). The lowest BCUT2D eigenvalue weighted by Crippen LogP contribution is -2.12. The topological polar surface area (TPSA) is 112 Å². The Balaban J connectivity index is 0.000000311. The van der Waals surface area contributed by atoms with Crippen LogP contribution >= 0.6 is 11.3 Å². The maximum absolute atomic E-state index is 10.8. The van der Waals surface area contributed by atoms with Crippen molar-refractivity contribution in [3.05, 3.63) is 45.5 Å². The van der Waals surface area contributed by atoms with Crippen molar-refractivity contribution in [2.45, 2.75) is 69.7 Å². The first kappa shape index (κ1) is 26.1. The fourth-order valence-corrected chi connectivity index (χ4v) is 4.65. The molecule has 0 amide bonds. The molecule has 1 aromatic heterocycles. The summed E-state index contributed by atoms with van der Waals surface area (Å²) in [5, 5.41) is 24.4. The summed E-state index contributed by atoms with van der Waals surface area (Å²) in [6.07, 6.45) is 3.03. The summed E-state index contributed by atoms with van der Waals surface area (Å²) in [6, 6.07) is 6.02. The Bertz CT molecular complexity index is 906. The summed E-state index contributed by atoms with van der Waals surface area (Å²) in [5.41, 5.74) is 3.20. The summed E-state index contributed by atoms with van der Waals surface area (Å²) in [5.74, 6) is 0.659. The molecule has 0 fully saturated rings. The largest absolute Gasteiger partial charge is 0.385 e. The van der Waals surface area contributed by atoms with Crippen LogP contribution in [-0.4, -0.2) is 23.4 Å². The van der Waals surface area contributed by atoms with Crippen molar-refractivity contribution < 1.29 is 9.90 Å². The lowest BCUT2D eigenvalue weighted by molar-refractivity contribution is -0.107. The number of carbonyl (C=O) groups excluding carboxylic acids is 1. The van der Waals surface area contributed by atoms with Gasteiger partial charge in [0.1, 0.15) is 6.29 Å². The van der Waals surface area contributed by atoms with Crippen LogP contribution in [0, 0.1) is 11.3 Å². The van der Waals surface area contributed by atoms with E-state index in [9.17, 15) is 9.90 Å². The van der Waals surface area contributed by atoms with Crippen LogP contribution in [0.3, 0.4) is 0 Å². The molecule has 0 saturated carbocycles. The van der Waals surface area contributed by atoms with Crippen LogP contribution in [-0.2, 0) is 27.7 Å². The summed E-state index contributed by atoms with van der Waals surface area (Å²) >= 11 is 1.40. The molecular formula is C22H32N4O2S2. The molecule has 0 bridgehead atoms. The second kappa shape index (κ2) is 11.5. The third-order valence-corrected chi connectivity index (χ3v) is 7.17. The Morgan fingerprint density at radius 1 is 1.30 bits per heavy atom. The Hall–Kier alpha value is -1.92. The molecule has 0 spiro atoms. The number of aromatic nitrogens is 1. The maximum Gasteiger partial charge on any atom is 0.175 e. The highest BCUT2D eigenvalue weighted by molar-refractivity contribution is 7.87. The van der Waals surface area contributed by atoms with Crippen LogP contribution in [0.5, 0.6) is 0 Å². The van der Waals surface area contributed by atoms with Crippen LogP contribution in [0.4, 0.5) is 0 Å². The highest BCUT2D eigenvalue weighted by atomic mass is 32.2. The number of nitrogens with zero attached hydrogens (tertiary/aromatic N) is 3. The minimum Gasteiger partial charge on any atom is -0.385 e. The van der Waals surface area contributed by atoms with Gasteiger partial charge < -0.3 is 9.90 Å². The van der Waals surface area contributed by atoms with Gasteiger partial charge in [0, 0.05) is 30.5 Å². The maximum atomic E-state index is 10.8. The van der Waals surface area contributed by atoms with Crippen molar-refractivity contribution in [3.63, 3.8) is 0 Å². The Kier molecular flexibility index (Phi) is 9.98. The number of nitrogens with two attached hydrogens (primary N) is 1. The van der Waals surface area contributed by atoms with Crippen molar-refractivity contribution in [3.8, 4) is 6.07 Å². The second-order valence-corrected chi connectivity index (χ2v) is 10.6. The summed E-state index contributed by atoms with van der Waals surface area (Å²) in [6.45, 7) is 11.8. The van der Waals surface area contributed by atoms with Crippen LogP contribution in [0.2, 0.25) is 0 Å². The molecule has 2 aromatic rings. The number of carbonyl (C=O) groups is 1. The number of aliphatic hydroxyl groups is 1. The highest BCUT2D eigenvalue weighted by Crippen LogP contribution is 2.29. The van der Waals surface area contributed by atoms with Gasteiger partial charge in [-0.3, -0.25) is 5.14 Å². The average molecular weight is 449 g/mol. The van der Waals surface area contributed by atoms with Crippen molar-refractivity contribution >= 4 is 28.5 Å². The van der Waals surface area contributed by atoms with Crippen LogP contribution < -0.4 is 5.14 Å². The van der Waals surface area contributed by atoms with E-state index in [0.717, 1.165) is 32.2 Å². The van der Waals surface area contributed by atoms with Crippen molar-refractivity contribution in [1.29, 1.82) is 5.26 Å². The molecular weight excluding hydrogens is 416 g/mol. The fraction of sp³-hybridized carbons (Fsp3) is 0.500. The SMILES string of the molecule is CC(C)c1cc(C#N)cc(C(C)C)c1CC=O.CN=S(N)c1ncc(C(C)(C)O)s1. The molecule has 6 nitrogen and oxygen atoms in total. The van der Waals surface area contributed by atoms with E-state index < -0.39 is 16.5 Å². The molecule has 3 N–H and O–H groups in total. The van der Waals surface area contributed by atoms with Gasteiger partial charge in [0.25, 0.3) is 0 Å². The van der Waals surface area contributed by atoms with Gasteiger partial charge in [-0.2, -0.15) is 5.26 Å². The third kappa shape index (κ3) is 7.10. The minimum atomic E-state index is -0.839. The van der Waals surface area contributed by atoms with Crippen molar-refractivity contribution in [2.75, 3.05) is 7.05 Å². The molecule has 1 unspecified atom stereocenters. The third-order valence-electron chi connectivity index (χ3n) is 4.44. The predicted octanol–water partition coefficient (Wildman–Crippen LogP) is 4.58. The second-order valence-electron chi connectivity index (χ2n) is 7.97. The first-order valence-electron chi connectivity index (χ1n) is 9.73. The zero-order chi connectivity index (χ0) is 23.1. The molecule has 164 valence electrons. The predicted molar refractivity (Wildman–Crippen MR) is 125 cm³/mol. The molecule has 30 heavy (non-hydrogen) atoms. The standard InChI is InChI=1S/C15H19NO.C7H13N3OS2/c1-10(2)14-7-12(9-16)8-15(11(3)4)13(14)5-6-17;1-7(2,11)5-4-10-6(12-5)13(8)9-3/h6-8,10-11H,5H2,1-4H3;4,11H,1-3H3,(H2,8,9). The summed E-state index contributed by atoms with van der Waals surface area (Å²) in [7, 11) is 1.03. The lowest BCUT2D eigenvalue weighted by atomic mass is 9.86. The van der Waals surface area contributed by atoms with Crippen LogP contribution in [0.25, 0.3) is 0 Å². The summed E-state index contributed by atoms with van der Waals surface area (Å²) < 4.78 is 4.69. The van der Waals surface area contributed by atoms with E-state index in [1.807, 2.05) is 12.1 Å². The highest BCUT2D eigenvalue weighted by Gasteiger charge is 2.19. The van der Waals surface area contributed by atoms with E-state index in [-0.39, 0.29) is 0 Å². The average Bonchev–Trinajstić information content (AvgIpc) is 3.18. The van der Waals surface area contributed by atoms with Crippen molar-refractivity contribution in [2.24, 2.45) is 9.50 Å². The Morgan fingerprint density at radius 3 is 2.17 bits per heavy atom. The van der Waals surface area contributed by atoms with Gasteiger partial charge in [0.15, 0.2) is 4.34 Å². The first-order valence-corrected chi connectivity index (χ1v) is 11.8. The van der Waals surface area contributed by atoms with Crippen molar-refractivity contribution in [1.82, 2.24) is 4.98 Å². The van der Waals surface area contributed by atoms with Gasteiger partial charge in [-0.25, -0.2) is 9.35 Å². The quantitative estimate of drug-likeness (QED) is 0.628. The van der Waals surface area contributed by atoms with Gasteiger partial charge in [-0.15, -0.1) is 11.3 Å². The van der Waals surface area contributed by atoms with Gasteiger partial charge in [0.2, 0.25) is 0 Å². The van der Waals surface area contributed by atoms with Crippen LogP contribution in [0.1, 0.15) is 80.5 Å². The molecule has 1 heterocycles. The van der Waals surface area contributed by atoms with E-state index >= 15 is 0 Å². The molecule has 1 atom stereocenters. The number of rotatable bonds is 6. The fourth-order valence-electron chi connectivity index (χ4n) is 2.85. The number of benzene rings is 1. The van der Waals surface area contributed by atoms with E-state index in [1.54, 1.807) is 27.1 Å². The number of aldehydes is 1. The number of hydrogen-bond donors (Lipinski definition) is 2.